The van der Waals surface area contributed by atoms with E-state index < -0.39 is 0 Å². The topological polar surface area (TPSA) is 43.8 Å². The van der Waals surface area contributed by atoms with Crippen molar-refractivity contribution in [3.8, 4) is 11.3 Å². The average molecular weight is 298 g/mol. The number of hydrogen-bond donors (Lipinski definition) is 1. The largest absolute Gasteiger partial charge is 0.383 e. The van der Waals surface area contributed by atoms with E-state index >= 15 is 0 Å². The Morgan fingerprint density at radius 1 is 1.32 bits per heavy atom. The van der Waals surface area contributed by atoms with Gasteiger partial charge in [-0.1, -0.05) is 49.2 Å². The molecule has 1 aromatic heterocycles. The van der Waals surface area contributed by atoms with Crippen LogP contribution in [0.1, 0.15) is 32.5 Å². The van der Waals surface area contributed by atoms with Crippen LogP contribution in [0, 0.1) is 0 Å². The molecular formula is C14H17Cl2N3. The molecule has 0 saturated carbocycles. The zero-order chi connectivity index (χ0) is 14.2. The van der Waals surface area contributed by atoms with Gasteiger partial charge in [-0.15, -0.1) is 0 Å². The highest BCUT2D eigenvalue weighted by molar-refractivity contribution is 6.43. The molecule has 5 heteroatoms. The summed E-state index contributed by atoms with van der Waals surface area (Å²) in [6.45, 7) is 7.02. The van der Waals surface area contributed by atoms with Crippen LogP contribution < -0.4 is 5.73 Å². The van der Waals surface area contributed by atoms with Gasteiger partial charge in [0.15, 0.2) is 0 Å². The van der Waals surface area contributed by atoms with Crippen LogP contribution in [0.5, 0.6) is 0 Å². The van der Waals surface area contributed by atoms with Gasteiger partial charge in [0.1, 0.15) is 17.3 Å². The van der Waals surface area contributed by atoms with Gasteiger partial charge in [-0.05, 0) is 13.0 Å². The number of benzene rings is 1. The second kappa shape index (κ2) is 5.43. The number of aromatic nitrogens is 2. The molecule has 0 saturated heterocycles. The van der Waals surface area contributed by atoms with Gasteiger partial charge in [0, 0.05) is 18.0 Å². The van der Waals surface area contributed by atoms with E-state index in [4.69, 9.17) is 28.9 Å². The Kier molecular flexibility index (Phi) is 4.07. The zero-order valence-electron chi connectivity index (χ0n) is 11.2. The van der Waals surface area contributed by atoms with E-state index in [-0.39, 0.29) is 0 Å². The maximum absolute atomic E-state index is 6.25. The summed E-state index contributed by atoms with van der Waals surface area (Å²) >= 11 is 12.3. The molecule has 2 aromatic rings. The molecular weight excluding hydrogens is 281 g/mol. The molecule has 2 N–H and O–H groups in total. The quantitative estimate of drug-likeness (QED) is 0.901. The molecule has 3 nitrogen and oxygen atoms in total. The summed E-state index contributed by atoms with van der Waals surface area (Å²) in [5, 5.41) is 1.00. The normalized spacial score (nSPS) is 11.3. The lowest BCUT2D eigenvalue weighted by Gasteiger charge is -2.08. The molecule has 102 valence electrons. The fraction of sp³-hybridized carbons (Fsp3) is 0.357. The number of nitrogens with two attached hydrogens (primary N) is 1. The van der Waals surface area contributed by atoms with Gasteiger partial charge in [0.2, 0.25) is 0 Å². The molecule has 0 radical (unpaired) electrons. The summed E-state index contributed by atoms with van der Waals surface area (Å²) in [5.41, 5.74) is 7.69. The third-order valence-electron chi connectivity index (χ3n) is 3.08. The summed E-state index contributed by atoms with van der Waals surface area (Å²) in [4.78, 5) is 4.65. The second-order valence-corrected chi connectivity index (χ2v) is 5.49. The summed E-state index contributed by atoms with van der Waals surface area (Å²) in [7, 11) is 0. The SMILES string of the molecule is CCn1c(C(C)C)nc(-c2cccc(Cl)c2Cl)c1N. The Balaban J connectivity index is 2.66. The Labute approximate surface area is 123 Å². The fourth-order valence-corrected chi connectivity index (χ4v) is 2.53. The molecule has 2 rings (SSSR count). The van der Waals surface area contributed by atoms with Crippen molar-refractivity contribution in [1.29, 1.82) is 0 Å². The molecule has 0 aliphatic heterocycles. The van der Waals surface area contributed by atoms with Gasteiger partial charge in [-0.2, -0.15) is 0 Å². The van der Waals surface area contributed by atoms with Crippen molar-refractivity contribution in [2.75, 3.05) is 5.73 Å². The van der Waals surface area contributed by atoms with E-state index in [1.165, 1.54) is 0 Å². The number of rotatable bonds is 3. The maximum atomic E-state index is 6.25. The number of anilines is 1. The van der Waals surface area contributed by atoms with Gasteiger partial charge in [-0.3, -0.25) is 0 Å². The van der Waals surface area contributed by atoms with E-state index in [1.54, 1.807) is 6.07 Å². The van der Waals surface area contributed by atoms with Crippen molar-refractivity contribution >= 4 is 29.0 Å². The monoisotopic (exact) mass is 297 g/mol. The number of hydrogen-bond acceptors (Lipinski definition) is 2. The van der Waals surface area contributed by atoms with Crippen LogP contribution in [-0.4, -0.2) is 9.55 Å². The van der Waals surface area contributed by atoms with Crippen molar-refractivity contribution in [2.24, 2.45) is 0 Å². The summed E-state index contributed by atoms with van der Waals surface area (Å²) in [6.07, 6.45) is 0. The molecule has 0 amide bonds. The van der Waals surface area contributed by atoms with E-state index in [0.717, 1.165) is 17.9 Å². The molecule has 0 atom stereocenters. The van der Waals surface area contributed by atoms with Crippen LogP contribution in [0.2, 0.25) is 10.0 Å². The smallest absolute Gasteiger partial charge is 0.131 e. The van der Waals surface area contributed by atoms with Gasteiger partial charge in [-0.25, -0.2) is 4.98 Å². The Morgan fingerprint density at radius 2 is 2.00 bits per heavy atom. The molecule has 0 aliphatic carbocycles. The van der Waals surface area contributed by atoms with Crippen LogP contribution in [0.3, 0.4) is 0 Å². The van der Waals surface area contributed by atoms with Crippen LogP contribution in [-0.2, 0) is 6.54 Å². The predicted molar refractivity (Wildman–Crippen MR) is 81.9 cm³/mol. The first kappa shape index (κ1) is 14.2. The third kappa shape index (κ3) is 2.45. The lowest BCUT2D eigenvalue weighted by molar-refractivity contribution is 0.658. The highest BCUT2D eigenvalue weighted by Crippen LogP contribution is 2.37. The van der Waals surface area contributed by atoms with E-state index in [1.807, 2.05) is 23.6 Å². The minimum atomic E-state index is 0.300. The van der Waals surface area contributed by atoms with Crippen molar-refractivity contribution in [1.82, 2.24) is 9.55 Å². The first-order chi connectivity index (χ1) is 8.97. The minimum Gasteiger partial charge on any atom is -0.383 e. The lowest BCUT2D eigenvalue weighted by Crippen LogP contribution is -2.06. The van der Waals surface area contributed by atoms with Gasteiger partial charge >= 0.3 is 0 Å². The number of halogens is 2. The lowest BCUT2D eigenvalue weighted by atomic mass is 10.1. The molecule has 0 unspecified atom stereocenters. The van der Waals surface area contributed by atoms with E-state index in [9.17, 15) is 0 Å². The summed E-state index contributed by atoms with van der Waals surface area (Å²) in [5.74, 6) is 1.90. The number of nitrogen functional groups attached to an aromatic ring is 1. The highest BCUT2D eigenvalue weighted by atomic mass is 35.5. The number of nitrogens with zero attached hydrogens (tertiary/aromatic N) is 2. The molecule has 0 bridgehead atoms. The van der Waals surface area contributed by atoms with E-state index in [0.29, 0.717) is 27.5 Å². The van der Waals surface area contributed by atoms with Crippen LogP contribution in [0.15, 0.2) is 18.2 Å². The highest BCUT2D eigenvalue weighted by Gasteiger charge is 2.19. The Hall–Kier alpha value is -1.19. The average Bonchev–Trinajstić information content (AvgIpc) is 2.70. The Bertz CT molecular complexity index is 603. The molecule has 1 aromatic carbocycles. The van der Waals surface area contributed by atoms with Crippen molar-refractivity contribution in [2.45, 2.75) is 33.2 Å². The molecule has 0 fully saturated rings. The molecule has 1 heterocycles. The number of imidazole rings is 1. The zero-order valence-corrected chi connectivity index (χ0v) is 12.8. The first-order valence-corrected chi connectivity index (χ1v) is 7.03. The van der Waals surface area contributed by atoms with Crippen LogP contribution >= 0.6 is 23.2 Å². The molecule has 0 aliphatic rings. The Morgan fingerprint density at radius 3 is 2.53 bits per heavy atom. The van der Waals surface area contributed by atoms with E-state index in [2.05, 4.69) is 18.8 Å². The van der Waals surface area contributed by atoms with Crippen LogP contribution in [0.4, 0.5) is 5.82 Å². The second-order valence-electron chi connectivity index (χ2n) is 4.70. The van der Waals surface area contributed by atoms with Crippen molar-refractivity contribution in [3.63, 3.8) is 0 Å². The predicted octanol–water partition coefficient (Wildman–Crippen LogP) is 4.58. The van der Waals surface area contributed by atoms with Crippen LogP contribution in [0.25, 0.3) is 11.3 Å². The van der Waals surface area contributed by atoms with Crippen molar-refractivity contribution in [3.05, 3.63) is 34.1 Å². The van der Waals surface area contributed by atoms with Gasteiger partial charge in [0.05, 0.1) is 10.0 Å². The maximum Gasteiger partial charge on any atom is 0.131 e. The van der Waals surface area contributed by atoms with Gasteiger partial charge in [0.25, 0.3) is 0 Å². The third-order valence-corrected chi connectivity index (χ3v) is 3.89. The molecule has 0 spiro atoms. The first-order valence-electron chi connectivity index (χ1n) is 6.27. The standard InChI is InChI=1S/C14H17Cl2N3/c1-4-19-13(17)12(18-14(19)8(2)3)9-6-5-7-10(15)11(9)16/h5-8H,4,17H2,1-3H3. The minimum absolute atomic E-state index is 0.300. The fourth-order valence-electron chi connectivity index (χ4n) is 2.14. The van der Waals surface area contributed by atoms with Gasteiger partial charge < -0.3 is 10.3 Å². The molecule has 19 heavy (non-hydrogen) atoms. The van der Waals surface area contributed by atoms with Crippen molar-refractivity contribution < 1.29 is 0 Å². The summed E-state index contributed by atoms with van der Waals surface area (Å²) in [6, 6.07) is 5.49. The summed E-state index contributed by atoms with van der Waals surface area (Å²) < 4.78 is 2.01.